The van der Waals surface area contributed by atoms with E-state index in [4.69, 9.17) is 5.84 Å². The van der Waals surface area contributed by atoms with Gasteiger partial charge in [0.05, 0.1) is 11.0 Å². The molecule has 1 aliphatic rings. The summed E-state index contributed by atoms with van der Waals surface area (Å²) in [4.78, 5) is 4.59. The van der Waals surface area contributed by atoms with Gasteiger partial charge in [-0.05, 0) is 31.4 Å². The zero-order valence-electron chi connectivity index (χ0n) is 10.8. The van der Waals surface area contributed by atoms with Gasteiger partial charge in [0.15, 0.2) is 0 Å². The standard InChI is InChI=1S/C14H20N4/c1-10-6-5-9-12-13(10)18(14(16-12)17-15)11-7-3-2-4-8-11/h5-6,9,11H,2-4,7-8,15H2,1H3,(H,16,17). The fourth-order valence-electron chi connectivity index (χ4n) is 3.12. The Kier molecular flexibility index (Phi) is 2.96. The van der Waals surface area contributed by atoms with Crippen LogP contribution in [0.3, 0.4) is 0 Å². The zero-order valence-corrected chi connectivity index (χ0v) is 10.8. The highest BCUT2D eigenvalue weighted by molar-refractivity contribution is 5.82. The van der Waals surface area contributed by atoms with E-state index in [0.29, 0.717) is 6.04 Å². The normalized spacial score (nSPS) is 17.2. The molecule has 1 aromatic carbocycles. The number of nitrogen functional groups attached to an aromatic ring is 1. The third kappa shape index (κ3) is 1.77. The molecular formula is C14H20N4. The molecule has 1 aliphatic carbocycles. The summed E-state index contributed by atoms with van der Waals surface area (Å²) in [6.07, 6.45) is 6.43. The van der Waals surface area contributed by atoms with Crippen LogP contribution in [0.25, 0.3) is 11.0 Å². The number of hydrogen-bond donors (Lipinski definition) is 2. The predicted molar refractivity (Wildman–Crippen MR) is 74.4 cm³/mol. The molecule has 0 aliphatic heterocycles. The summed E-state index contributed by atoms with van der Waals surface area (Å²) in [5.41, 5.74) is 6.30. The van der Waals surface area contributed by atoms with Crippen molar-refractivity contribution in [2.24, 2.45) is 5.84 Å². The van der Waals surface area contributed by atoms with Crippen molar-refractivity contribution < 1.29 is 0 Å². The minimum atomic E-state index is 0.538. The van der Waals surface area contributed by atoms with E-state index in [1.165, 1.54) is 43.2 Å². The average Bonchev–Trinajstić information content (AvgIpc) is 2.79. The molecule has 3 rings (SSSR count). The van der Waals surface area contributed by atoms with E-state index in [2.05, 4.69) is 40.1 Å². The molecule has 18 heavy (non-hydrogen) atoms. The summed E-state index contributed by atoms with van der Waals surface area (Å²) in [5.74, 6) is 6.44. The predicted octanol–water partition coefficient (Wildman–Crippen LogP) is 3.14. The van der Waals surface area contributed by atoms with Crippen LogP contribution >= 0.6 is 0 Å². The molecule has 0 bridgehead atoms. The Morgan fingerprint density at radius 2 is 2.06 bits per heavy atom. The van der Waals surface area contributed by atoms with Crippen LogP contribution in [0.5, 0.6) is 0 Å². The molecule has 0 amide bonds. The van der Waals surface area contributed by atoms with Crippen molar-refractivity contribution in [3.8, 4) is 0 Å². The summed E-state index contributed by atoms with van der Waals surface area (Å²) < 4.78 is 2.31. The number of benzene rings is 1. The van der Waals surface area contributed by atoms with Gasteiger partial charge in [-0.3, -0.25) is 5.43 Å². The van der Waals surface area contributed by atoms with Gasteiger partial charge in [0.25, 0.3) is 0 Å². The second-order valence-electron chi connectivity index (χ2n) is 5.18. The van der Waals surface area contributed by atoms with Crippen molar-refractivity contribution in [3.05, 3.63) is 23.8 Å². The molecule has 1 fully saturated rings. The number of aryl methyl sites for hydroxylation is 1. The molecule has 4 heteroatoms. The molecule has 0 saturated heterocycles. The van der Waals surface area contributed by atoms with Crippen molar-refractivity contribution in [1.82, 2.24) is 9.55 Å². The molecule has 0 unspecified atom stereocenters. The van der Waals surface area contributed by atoms with Crippen LogP contribution < -0.4 is 11.3 Å². The fraction of sp³-hybridized carbons (Fsp3) is 0.500. The Morgan fingerprint density at radius 3 is 2.78 bits per heavy atom. The Labute approximate surface area is 107 Å². The van der Waals surface area contributed by atoms with Gasteiger partial charge in [-0.2, -0.15) is 0 Å². The van der Waals surface area contributed by atoms with Gasteiger partial charge in [0.1, 0.15) is 0 Å². The minimum Gasteiger partial charge on any atom is -0.306 e. The first kappa shape index (κ1) is 11.5. The largest absolute Gasteiger partial charge is 0.306 e. The van der Waals surface area contributed by atoms with Gasteiger partial charge >= 0.3 is 0 Å². The van der Waals surface area contributed by atoms with Gasteiger partial charge in [-0.15, -0.1) is 0 Å². The van der Waals surface area contributed by atoms with Crippen molar-refractivity contribution >= 4 is 17.0 Å². The van der Waals surface area contributed by atoms with E-state index < -0.39 is 0 Å². The molecule has 4 nitrogen and oxygen atoms in total. The lowest BCUT2D eigenvalue weighted by Crippen LogP contribution is -2.19. The smallest absolute Gasteiger partial charge is 0.218 e. The van der Waals surface area contributed by atoms with Crippen LogP contribution in [0.15, 0.2) is 18.2 Å². The molecule has 0 atom stereocenters. The number of fused-ring (bicyclic) bond motifs is 1. The number of nitrogens with two attached hydrogens (primary N) is 1. The van der Waals surface area contributed by atoms with E-state index in [0.717, 1.165) is 11.5 Å². The number of anilines is 1. The first-order valence-corrected chi connectivity index (χ1v) is 6.75. The molecule has 2 aromatic rings. The minimum absolute atomic E-state index is 0.538. The Bertz CT molecular complexity index is 552. The molecule has 1 aromatic heterocycles. The highest BCUT2D eigenvalue weighted by Gasteiger charge is 2.21. The third-order valence-electron chi connectivity index (χ3n) is 3.98. The van der Waals surface area contributed by atoms with Crippen LogP contribution in [0, 0.1) is 6.92 Å². The topological polar surface area (TPSA) is 55.9 Å². The fourth-order valence-corrected chi connectivity index (χ4v) is 3.12. The second kappa shape index (κ2) is 4.61. The number of aromatic nitrogens is 2. The van der Waals surface area contributed by atoms with Crippen molar-refractivity contribution in [3.63, 3.8) is 0 Å². The number of nitrogens with zero attached hydrogens (tertiary/aromatic N) is 2. The van der Waals surface area contributed by atoms with Gasteiger partial charge in [-0.1, -0.05) is 31.4 Å². The van der Waals surface area contributed by atoms with E-state index >= 15 is 0 Å². The van der Waals surface area contributed by atoms with Gasteiger partial charge in [0, 0.05) is 6.04 Å². The monoisotopic (exact) mass is 244 g/mol. The Morgan fingerprint density at radius 1 is 1.28 bits per heavy atom. The molecule has 0 radical (unpaired) electrons. The Balaban J connectivity index is 2.17. The molecule has 3 N–H and O–H groups in total. The summed E-state index contributed by atoms with van der Waals surface area (Å²) in [6, 6.07) is 6.79. The first-order valence-electron chi connectivity index (χ1n) is 6.75. The lowest BCUT2D eigenvalue weighted by molar-refractivity contribution is 0.362. The van der Waals surface area contributed by atoms with Crippen LogP contribution in [0.4, 0.5) is 5.95 Å². The van der Waals surface area contributed by atoms with Crippen LogP contribution in [-0.2, 0) is 0 Å². The maximum Gasteiger partial charge on any atom is 0.218 e. The number of para-hydroxylation sites is 1. The SMILES string of the molecule is Cc1cccc2nc(NN)n(C3CCCCC3)c12. The van der Waals surface area contributed by atoms with Crippen molar-refractivity contribution in [2.45, 2.75) is 45.1 Å². The first-order chi connectivity index (χ1) is 8.81. The number of rotatable bonds is 2. The molecule has 96 valence electrons. The number of nitrogens with one attached hydrogen (secondary N) is 1. The second-order valence-corrected chi connectivity index (χ2v) is 5.18. The number of hydrogen-bond acceptors (Lipinski definition) is 3. The highest BCUT2D eigenvalue weighted by atomic mass is 15.3. The van der Waals surface area contributed by atoms with Crippen molar-refractivity contribution in [2.75, 3.05) is 5.43 Å². The lowest BCUT2D eigenvalue weighted by atomic mass is 9.95. The average molecular weight is 244 g/mol. The van der Waals surface area contributed by atoms with Crippen LogP contribution in [0.2, 0.25) is 0 Å². The number of hydrazine groups is 1. The zero-order chi connectivity index (χ0) is 12.5. The van der Waals surface area contributed by atoms with E-state index in [1.54, 1.807) is 0 Å². The third-order valence-corrected chi connectivity index (χ3v) is 3.98. The molecule has 1 saturated carbocycles. The van der Waals surface area contributed by atoms with E-state index in [1.807, 2.05) is 0 Å². The summed E-state index contributed by atoms with van der Waals surface area (Å²) in [7, 11) is 0. The van der Waals surface area contributed by atoms with Crippen molar-refractivity contribution in [1.29, 1.82) is 0 Å². The summed E-state index contributed by atoms with van der Waals surface area (Å²) in [6.45, 7) is 2.14. The number of imidazole rings is 1. The quantitative estimate of drug-likeness (QED) is 0.630. The lowest BCUT2D eigenvalue weighted by Gasteiger charge is -2.25. The Hall–Kier alpha value is -1.55. The maximum atomic E-state index is 5.64. The summed E-state index contributed by atoms with van der Waals surface area (Å²) in [5, 5.41) is 0. The molecule has 0 spiro atoms. The van der Waals surface area contributed by atoms with Crippen LogP contribution in [0.1, 0.15) is 43.7 Å². The maximum absolute atomic E-state index is 5.64. The van der Waals surface area contributed by atoms with E-state index in [-0.39, 0.29) is 0 Å². The van der Waals surface area contributed by atoms with Gasteiger partial charge in [0.2, 0.25) is 5.95 Å². The summed E-state index contributed by atoms with van der Waals surface area (Å²) >= 11 is 0. The molecule has 1 heterocycles. The highest BCUT2D eigenvalue weighted by Crippen LogP contribution is 2.34. The van der Waals surface area contributed by atoms with Crippen LogP contribution in [-0.4, -0.2) is 9.55 Å². The van der Waals surface area contributed by atoms with Gasteiger partial charge < -0.3 is 4.57 Å². The molecular weight excluding hydrogens is 224 g/mol. The van der Waals surface area contributed by atoms with E-state index in [9.17, 15) is 0 Å². The van der Waals surface area contributed by atoms with Gasteiger partial charge in [-0.25, -0.2) is 10.8 Å².